The van der Waals surface area contributed by atoms with E-state index in [0.29, 0.717) is 12.3 Å². The summed E-state index contributed by atoms with van der Waals surface area (Å²) < 4.78 is 0. The Morgan fingerprint density at radius 2 is 0.892 bits per heavy atom. The van der Waals surface area contributed by atoms with Crippen LogP contribution < -0.4 is 5.73 Å². The summed E-state index contributed by atoms with van der Waals surface area (Å²) in [6, 6.07) is 35.7. The van der Waals surface area contributed by atoms with Gasteiger partial charge in [0.1, 0.15) is 0 Å². The summed E-state index contributed by atoms with van der Waals surface area (Å²) in [6.45, 7) is 0. The summed E-state index contributed by atoms with van der Waals surface area (Å²) in [4.78, 5) is 11.3. The first-order chi connectivity index (χ1) is 18.2. The van der Waals surface area contributed by atoms with Crippen LogP contribution in [0.2, 0.25) is 0 Å². The number of primary amides is 1. The highest BCUT2D eigenvalue weighted by molar-refractivity contribution is 6.25. The van der Waals surface area contributed by atoms with Crippen LogP contribution in [0.15, 0.2) is 97.1 Å². The number of amides is 1. The van der Waals surface area contributed by atoms with Gasteiger partial charge in [0.05, 0.1) is 0 Å². The fourth-order valence-electron chi connectivity index (χ4n) is 6.86. The van der Waals surface area contributed by atoms with Gasteiger partial charge in [0, 0.05) is 12.3 Å². The molecule has 2 nitrogen and oxygen atoms in total. The lowest BCUT2D eigenvalue weighted by molar-refractivity contribution is -0.118. The molecule has 0 aromatic heterocycles. The SMILES string of the molecule is NC(=O)CCCCCC1c2c(c3ccccc3c3ccccc23)-c2c1c1ccccc1c1ccccc21. The highest BCUT2D eigenvalue weighted by Crippen LogP contribution is 2.57. The minimum absolute atomic E-state index is 0.202. The Morgan fingerprint density at radius 1 is 0.514 bits per heavy atom. The summed E-state index contributed by atoms with van der Waals surface area (Å²) >= 11 is 0. The molecule has 0 unspecified atom stereocenters. The molecule has 0 aliphatic heterocycles. The molecule has 0 spiro atoms. The Balaban J connectivity index is 1.57. The molecule has 0 saturated carbocycles. The van der Waals surface area contributed by atoms with Crippen LogP contribution in [0.1, 0.15) is 49.1 Å². The number of rotatable bonds is 6. The monoisotopic (exact) mass is 479 g/mol. The van der Waals surface area contributed by atoms with Crippen LogP contribution in [-0.2, 0) is 4.79 Å². The molecule has 1 aliphatic rings. The van der Waals surface area contributed by atoms with Gasteiger partial charge in [-0.15, -0.1) is 0 Å². The standard InChI is InChI=1S/C35H29NO/c36-31(37)21-3-1-2-20-30-32-26-16-8-4-12-22(26)24-14-6-10-18-28(24)34(32)35-29-19-11-7-15-25(29)23-13-5-9-17-27(23)33(30)35/h4-19,30H,1-3,20-21H2,(H2,36,37). The van der Waals surface area contributed by atoms with Crippen molar-refractivity contribution in [3.8, 4) is 11.1 Å². The topological polar surface area (TPSA) is 43.1 Å². The zero-order chi connectivity index (χ0) is 24.9. The van der Waals surface area contributed by atoms with Gasteiger partial charge in [-0.3, -0.25) is 4.79 Å². The van der Waals surface area contributed by atoms with E-state index in [1.54, 1.807) is 0 Å². The van der Waals surface area contributed by atoms with Crippen LogP contribution in [0.3, 0.4) is 0 Å². The lowest BCUT2D eigenvalue weighted by Crippen LogP contribution is -2.09. The van der Waals surface area contributed by atoms with E-state index in [1.807, 2.05) is 0 Å². The number of hydrogen-bond donors (Lipinski definition) is 1. The molecule has 6 aromatic rings. The van der Waals surface area contributed by atoms with Crippen LogP contribution in [0.25, 0.3) is 54.2 Å². The van der Waals surface area contributed by atoms with E-state index < -0.39 is 0 Å². The van der Waals surface area contributed by atoms with Gasteiger partial charge in [-0.2, -0.15) is 0 Å². The molecule has 0 bridgehead atoms. The first kappa shape index (κ1) is 22.1. The Labute approximate surface area is 216 Å². The average molecular weight is 480 g/mol. The van der Waals surface area contributed by atoms with Crippen molar-refractivity contribution in [1.29, 1.82) is 0 Å². The Kier molecular flexibility index (Phi) is 5.21. The molecular formula is C35H29NO. The Morgan fingerprint density at radius 3 is 1.32 bits per heavy atom. The molecule has 180 valence electrons. The van der Waals surface area contributed by atoms with Crippen LogP contribution in [-0.4, -0.2) is 5.91 Å². The number of fused-ring (bicyclic) bond motifs is 13. The van der Waals surface area contributed by atoms with Gasteiger partial charge in [-0.1, -0.05) is 110 Å². The predicted molar refractivity (Wildman–Crippen MR) is 156 cm³/mol. The van der Waals surface area contributed by atoms with Crippen molar-refractivity contribution in [3.63, 3.8) is 0 Å². The minimum atomic E-state index is -0.202. The molecule has 6 aromatic carbocycles. The molecule has 0 atom stereocenters. The molecule has 37 heavy (non-hydrogen) atoms. The third-order valence-corrected chi connectivity index (χ3v) is 8.31. The van der Waals surface area contributed by atoms with Crippen LogP contribution >= 0.6 is 0 Å². The molecule has 0 radical (unpaired) electrons. The van der Waals surface area contributed by atoms with Crippen molar-refractivity contribution >= 4 is 49.0 Å². The van der Waals surface area contributed by atoms with E-state index in [0.717, 1.165) is 25.7 Å². The van der Waals surface area contributed by atoms with E-state index in [1.165, 1.54) is 65.3 Å². The number of unbranched alkanes of at least 4 members (excludes halogenated alkanes) is 2. The second-order valence-corrected chi connectivity index (χ2v) is 10.4. The summed E-state index contributed by atoms with van der Waals surface area (Å²) in [6.07, 6.45) is 4.47. The fourth-order valence-corrected chi connectivity index (χ4v) is 6.86. The lowest BCUT2D eigenvalue weighted by Gasteiger charge is -2.19. The maximum atomic E-state index is 11.3. The van der Waals surface area contributed by atoms with E-state index in [-0.39, 0.29) is 5.91 Å². The van der Waals surface area contributed by atoms with Crippen LogP contribution in [0.5, 0.6) is 0 Å². The molecule has 2 heteroatoms. The molecule has 0 heterocycles. The van der Waals surface area contributed by atoms with E-state index in [9.17, 15) is 4.79 Å². The largest absolute Gasteiger partial charge is 0.370 e. The van der Waals surface area contributed by atoms with Gasteiger partial charge in [0.15, 0.2) is 0 Å². The maximum Gasteiger partial charge on any atom is 0.217 e. The Bertz CT molecular complexity index is 1720. The van der Waals surface area contributed by atoms with E-state index in [2.05, 4.69) is 97.1 Å². The summed E-state index contributed by atoms with van der Waals surface area (Å²) in [5, 5.41) is 10.7. The summed E-state index contributed by atoms with van der Waals surface area (Å²) in [7, 11) is 0. The third kappa shape index (κ3) is 3.36. The highest BCUT2D eigenvalue weighted by Gasteiger charge is 2.35. The molecule has 7 rings (SSSR count). The maximum absolute atomic E-state index is 11.3. The number of nitrogens with two attached hydrogens (primary N) is 1. The van der Waals surface area contributed by atoms with Crippen molar-refractivity contribution in [3.05, 3.63) is 108 Å². The van der Waals surface area contributed by atoms with Crippen molar-refractivity contribution in [1.82, 2.24) is 0 Å². The van der Waals surface area contributed by atoms with Crippen molar-refractivity contribution < 1.29 is 4.79 Å². The number of benzene rings is 6. The summed E-state index contributed by atoms with van der Waals surface area (Å²) in [5.74, 6) is 0.106. The van der Waals surface area contributed by atoms with E-state index in [4.69, 9.17) is 5.73 Å². The predicted octanol–water partition coefficient (Wildman–Crippen LogP) is 8.85. The zero-order valence-electron chi connectivity index (χ0n) is 20.8. The van der Waals surface area contributed by atoms with Crippen molar-refractivity contribution in [2.75, 3.05) is 0 Å². The quantitative estimate of drug-likeness (QED) is 0.188. The molecular weight excluding hydrogens is 450 g/mol. The van der Waals surface area contributed by atoms with E-state index >= 15 is 0 Å². The minimum Gasteiger partial charge on any atom is -0.370 e. The summed E-state index contributed by atoms with van der Waals surface area (Å²) in [5.41, 5.74) is 11.2. The average Bonchev–Trinajstić information content (AvgIpc) is 3.29. The second kappa shape index (κ2) is 8.74. The van der Waals surface area contributed by atoms with Crippen LogP contribution in [0.4, 0.5) is 0 Å². The van der Waals surface area contributed by atoms with Crippen LogP contribution in [0, 0.1) is 0 Å². The third-order valence-electron chi connectivity index (χ3n) is 8.31. The lowest BCUT2D eigenvalue weighted by atomic mass is 9.84. The highest BCUT2D eigenvalue weighted by atomic mass is 16.1. The number of hydrogen-bond acceptors (Lipinski definition) is 1. The van der Waals surface area contributed by atoms with Crippen molar-refractivity contribution in [2.45, 2.75) is 38.0 Å². The molecule has 1 aliphatic carbocycles. The molecule has 1 amide bonds. The first-order valence-corrected chi connectivity index (χ1v) is 13.4. The normalized spacial score (nSPS) is 13.0. The van der Waals surface area contributed by atoms with Gasteiger partial charge < -0.3 is 5.73 Å². The zero-order valence-corrected chi connectivity index (χ0v) is 20.8. The van der Waals surface area contributed by atoms with Gasteiger partial charge in [-0.25, -0.2) is 0 Å². The van der Waals surface area contributed by atoms with Gasteiger partial charge >= 0.3 is 0 Å². The molecule has 0 saturated heterocycles. The number of carbonyl (C=O) groups is 1. The molecule has 2 N–H and O–H groups in total. The fraction of sp³-hybridized carbons (Fsp3) is 0.171. The smallest absolute Gasteiger partial charge is 0.217 e. The van der Waals surface area contributed by atoms with Crippen molar-refractivity contribution in [2.24, 2.45) is 5.73 Å². The van der Waals surface area contributed by atoms with Gasteiger partial charge in [0.2, 0.25) is 5.91 Å². The van der Waals surface area contributed by atoms with Gasteiger partial charge in [-0.05, 0) is 78.2 Å². The number of carbonyl (C=O) groups excluding carboxylic acids is 1. The Hall–Kier alpha value is -4.17. The second-order valence-electron chi connectivity index (χ2n) is 10.4. The van der Waals surface area contributed by atoms with Gasteiger partial charge in [0.25, 0.3) is 0 Å². The molecule has 0 fully saturated rings. The first-order valence-electron chi connectivity index (χ1n) is 13.4.